The van der Waals surface area contributed by atoms with Gasteiger partial charge in [-0.05, 0) is 0 Å². The molecule has 17 heavy (non-hydrogen) atoms. The molecule has 102 valence electrons. The third kappa shape index (κ3) is 11.6. The first-order chi connectivity index (χ1) is 8.35. The van der Waals surface area contributed by atoms with Gasteiger partial charge in [0.1, 0.15) is 0 Å². The SMILES string of the molecule is COCCOCCN(C=O)CCOCCOC. The highest BCUT2D eigenvalue weighted by Gasteiger charge is 2.01. The van der Waals surface area contributed by atoms with Crippen LogP contribution in [-0.4, -0.2) is 78.3 Å². The van der Waals surface area contributed by atoms with Crippen molar-refractivity contribution in [3.63, 3.8) is 0 Å². The van der Waals surface area contributed by atoms with E-state index in [0.717, 1.165) is 6.41 Å². The van der Waals surface area contributed by atoms with E-state index in [1.54, 1.807) is 19.1 Å². The van der Waals surface area contributed by atoms with E-state index in [-0.39, 0.29) is 0 Å². The number of methoxy groups -OCH3 is 2. The molecule has 0 aromatic carbocycles. The van der Waals surface area contributed by atoms with Crippen LogP contribution in [-0.2, 0) is 23.7 Å². The summed E-state index contributed by atoms with van der Waals surface area (Å²) in [6.45, 7) is 4.41. The molecule has 0 aromatic rings. The van der Waals surface area contributed by atoms with E-state index in [4.69, 9.17) is 18.9 Å². The summed E-state index contributed by atoms with van der Waals surface area (Å²) < 4.78 is 20.2. The average Bonchev–Trinajstić information content (AvgIpc) is 2.36. The Morgan fingerprint density at radius 1 is 0.824 bits per heavy atom. The van der Waals surface area contributed by atoms with E-state index in [9.17, 15) is 4.79 Å². The zero-order valence-electron chi connectivity index (χ0n) is 10.7. The van der Waals surface area contributed by atoms with Gasteiger partial charge in [0, 0.05) is 27.3 Å². The summed E-state index contributed by atoms with van der Waals surface area (Å²) >= 11 is 0. The molecule has 0 aliphatic carbocycles. The molecule has 0 aliphatic rings. The van der Waals surface area contributed by atoms with Gasteiger partial charge in [-0.25, -0.2) is 0 Å². The first kappa shape index (κ1) is 16.3. The van der Waals surface area contributed by atoms with Gasteiger partial charge in [0.2, 0.25) is 6.41 Å². The Bertz CT molecular complexity index is 154. The second kappa shape index (κ2) is 13.4. The summed E-state index contributed by atoms with van der Waals surface area (Å²) in [5.74, 6) is 0. The van der Waals surface area contributed by atoms with E-state index < -0.39 is 0 Å². The Balaban J connectivity index is 3.33. The van der Waals surface area contributed by atoms with Gasteiger partial charge < -0.3 is 23.8 Å². The molecule has 6 nitrogen and oxygen atoms in total. The molecule has 0 spiro atoms. The quantitative estimate of drug-likeness (QED) is 0.333. The zero-order valence-corrected chi connectivity index (χ0v) is 10.7. The highest BCUT2D eigenvalue weighted by molar-refractivity contribution is 5.46. The number of carbonyl (C=O) groups is 1. The van der Waals surface area contributed by atoms with Crippen molar-refractivity contribution in [2.24, 2.45) is 0 Å². The highest BCUT2D eigenvalue weighted by atomic mass is 16.5. The first-order valence-corrected chi connectivity index (χ1v) is 5.67. The molecule has 0 aromatic heterocycles. The van der Waals surface area contributed by atoms with Gasteiger partial charge in [0.15, 0.2) is 0 Å². The summed E-state index contributed by atoms with van der Waals surface area (Å²) in [7, 11) is 3.25. The second-order valence-corrected chi connectivity index (χ2v) is 3.35. The summed E-state index contributed by atoms with van der Waals surface area (Å²) in [5.41, 5.74) is 0. The van der Waals surface area contributed by atoms with Gasteiger partial charge in [0.05, 0.1) is 39.6 Å². The number of nitrogens with zero attached hydrogens (tertiary/aromatic N) is 1. The molecule has 0 aliphatic heterocycles. The molecule has 1 amide bonds. The fourth-order valence-corrected chi connectivity index (χ4v) is 1.07. The van der Waals surface area contributed by atoms with Crippen LogP contribution in [0.1, 0.15) is 0 Å². The largest absolute Gasteiger partial charge is 0.382 e. The van der Waals surface area contributed by atoms with Crippen LogP contribution in [0.3, 0.4) is 0 Å². The number of hydrogen-bond donors (Lipinski definition) is 0. The van der Waals surface area contributed by atoms with Crippen molar-refractivity contribution in [2.75, 3.05) is 67.0 Å². The topological polar surface area (TPSA) is 57.2 Å². The van der Waals surface area contributed by atoms with E-state index in [1.165, 1.54) is 0 Å². The predicted molar refractivity (Wildman–Crippen MR) is 63.0 cm³/mol. The number of rotatable bonds is 13. The van der Waals surface area contributed by atoms with Crippen molar-refractivity contribution in [1.82, 2.24) is 4.90 Å². The lowest BCUT2D eigenvalue weighted by Gasteiger charge is -2.17. The molecule has 0 fully saturated rings. The fourth-order valence-electron chi connectivity index (χ4n) is 1.07. The maximum atomic E-state index is 10.7. The van der Waals surface area contributed by atoms with Crippen LogP contribution in [0.15, 0.2) is 0 Å². The molecular formula is C11H23NO5. The molecule has 0 saturated heterocycles. The third-order valence-corrected chi connectivity index (χ3v) is 2.06. The maximum Gasteiger partial charge on any atom is 0.209 e. The molecule has 0 saturated carbocycles. The van der Waals surface area contributed by atoms with Crippen LogP contribution in [0.25, 0.3) is 0 Å². The van der Waals surface area contributed by atoms with Crippen molar-refractivity contribution in [1.29, 1.82) is 0 Å². The van der Waals surface area contributed by atoms with Crippen LogP contribution in [0.5, 0.6) is 0 Å². The van der Waals surface area contributed by atoms with Crippen LogP contribution in [0.2, 0.25) is 0 Å². The summed E-state index contributed by atoms with van der Waals surface area (Å²) in [4.78, 5) is 12.3. The number of ether oxygens (including phenoxy) is 4. The number of hydrogen-bond acceptors (Lipinski definition) is 5. The van der Waals surface area contributed by atoms with Gasteiger partial charge in [-0.15, -0.1) is 0 Å². The molecular weight excluding hydrogens is 226 g/mol. The van der Waals surface area contributed by atoms with Gasteiger partial charge in [-0.2, -0.15) is 0 Å². The lowest BCUT2D eigenvalue weighted by Crippen LogP contribution is -2.30. The minimum atomic E-state index is 0.514. The van der Waals surface area contributed by atoms with Crippen LogP contribution in [0, 0.1) is 0 Å². The van der Waals surface area contributed by atoms with E-state index in [1.807, 2.05) is 0 Å². The van der Waals surface area contributed by atoms with Crippen molar-refractivity contribution in [3.05, 3.63) is 0 Å². The molecule has 0 bridgehead atoms. The molecule has 0 heterocycles. The molecule has 6 heteroatoms. The summed E-state index contributed by atoms with van der Waals surface area (Å²) in [6, 6.07) is 0. The summed E-state index contributed by atoms with van der Waals surface area (Å²) in [6.07, 6.45) is 0.805. The minimum Gasteiger partial charge on any atom is -0.382 e. The Morgan fingerprint density at radius 3 is 1.65 bits per heavy atom. The van der Waals surface area contributed by atoms with Crippen LogP contribution < -0.4 is 0 Å². The van der Waals surface area contributed by atoms with Crippen molar-refractivity contribution >= 4 is 6.41 Å². The van der Waals surface area contributed by atoms with Crippen LogP contribution >= 0.6 is 0 Å². The Kier molecular flexibility index (Phi) is 12.8. The zero-order chi connectivity index (χ0) is 12.8. The van der Waals surface area contributed by atoms with Crippen molar-refractivity contribution in [2.45, 2.75) is 0 Å². The van der Waals surface area contributed by atoms with E-state index in [2.05, 4.69) is 0 Å². The average molecular weight is 249 g/mol. The first-order valence-electron chi connectivity index (χ1n) is 5.67. The van der Waals surface area contributed by atoms with Gasteiger partial charge in [-0.1, -0.05) is 0 Å². The highest BCUT2D eigenvalue weighted by Crippen LogP contribution is 1.86. The Morgan fingerprint density at radius 2 is 1.29 bits per heavy atom. The number of amides is 1. The molecule has 0 atom stereocenters. The smallest absolute Gasteiger partial charge is 0.209 e. The Hall–Kier alpha value is -0.690. The lowest BCUT2D eigenvalue weighted by atomic mass is 10.5. The molecule has 0 N–H and O–H groups in total. The van der Waals surface area contributed by atoms with E-state index in [0.29, 0.717) is 52.7 Å². The van der Waals surface area contributed by atoms with Gasteiger partial charge in [-0.3, -0.25) is 4.79 Å². The van der Waals surface area contributed by atoms with Crippen molar-refractivity contribution in [3.8, 4) is 0 Å². The maximum absolute atomic E-state index is 10.7. The van der Waals surface area contributed by atoms with Gasteiger partial charge >= 0.3 is 0 Å². The fraction of sp³-hybridized carbons (Fsp3) is 0.909. The minimum absolute atomic E-state index is 0.514. The molecule has 0 rings (SSSR count). The lowest BCUT2D eigenvalue weighted by molar-refractivity contribution is -0.119. The standard InChI is InChI=1S/C11H23NO5/c1-14-7-9-16-5-3-12(11-13)4-6-17-10-8-15-2/h11H,3-10H2,1-2H3. The normalized spacial score (nSPS) is 10.5. The van der Waals surface area contributed by atoms with Crippen LogP contribution in [0.4, 0.5) is 0 Å². The summed E-state index contributed by atoms with van der Waals surface area (Å²) in [5, 5.41) is 0. The Labute approximate surface area is 103 Å². The predicted octanol–water partition coefficient (Wildman–Crippen LogP) is -0.229. The number of carbonyl (C=O) groups excluding carboxylic acids is 1. The third-order valence-electron chi connectivity index (χ3n) is 2.06. The van der Waals surface area contributed by atoms with Gasteiger partial charge in [0.25, 0.3) is 0 Å². The van der Waals surface area contributed by atoms with E-state index >= 15 is 0 Å². The molecule has 0 radical (unpaired) electrons. The molecule has 0 unspecified atom stereocenters. The van der Waals surface area contributed by atoms with Crippen molar-refractivity contribution < 1.29 is 23.7 Å². The second-order valence-electron chi connectivity index (χ2n) is 3.35. The monoisotopic (exact) mass is 249 g/mol.